The number of nitrogens with zero attached hydrogens (tertiary/aromatic N) is 1. The van der Waals surface area contributed by atoms with Gasteiger partial charge < -0.3 is 14.7 Å². The summed E-state index contributed by atoms with van der Waals surface area (Å²) in [5, 5.41) is 9.06. The van der Waals surface area contributed by atoms with Crippen molar-refractivity contribution in [3.05, 3.63) is 82.1 Å². The highest BCUT2D eigenvalue weighted by Crippen LogP contribution is 2.49. The van der Waals surface area contributed by atoms with Gasteiger partial charge in [-0.05, 0) is 72.4 Å². The van der Waals surface area contributed by atoms with E-state index in [1.54, 1.807) is 13.8 Å². The highest BCUT2D eigenvalue weighted by atomic mass is 35.5. The van der Waals surface area contributed by atoms with E-state index in [1.807, 2.05) is 0 Å². The molecular weight excluding hydrogens is 526 g/mol. The van der Waals surface area contributed by atoms with Crippen LogP contribution in [0.25, 0.3) is 11.1 Å². The summed E-state index contributed by atoms with van der Waals surface area (Å²) >= 11 is 6.44. The van der Waals surface area contributed by atoms with Crippen molar-refractivity contribution in [1.29, 1.82) is 0 Å². The molecule has 1 heterocycles. The molecule has 3 aromatic rings. The highest BCUT2D eigenvalue weighted by molar-refractivity contribution is 6.31. The van der Waals surface area contributed by atoms with E-state index >= 15 is 0 Å². The van der Waals surface area contributed by atoms with Gasteiger partial charge in [0.1, 0.15) is 11.6 Å². The van der Waals surface area contributed by atoms with Gasteiger partial charge in [0.15, 0.2) is 5.60 Å². The number of likely N-dealkylation sites (N-methyl/N-ethyl adjacent to an activating group) is 1. The third kappa shape index (κ3) is 4.95. The number of aromatic carboxylic acids is 1. The van der Waals surface area contributed by atoms with E-state index in [0.29, 0.717) is 16.9 Å². The number of carboxylic acids is 1. The average Bonchev–Trinajstić information content (AvgIpc) is 2.81. The molecule has 0 aliphatic carbocycles. The van der Waals surface area contributed by atoms with Gasteiger partial charge in [-0.15, -0.1) is 0 Å². The average molecular weight is 550 g/mol. The molecular formula is C28H24ClF4NO4. The van der Waals surface area contributed by atoms with Gasteiger partial charge >= 0.3 is 12.1 Å². The first-order valence-corrected chi connectivity index (χ1v) is 12.0. The quantitative estimate of drug-likeness (QED) is 0.336. The lowest BCUT2D eigenvalue weighted by atomic mass is 9.81. The van der Waals surface area contributed by atoms with Crippen molar-refractivity contribution in [3.8, 4) is 16.9 Å². The van der Waals surface area contributed by atoms with Gasteiger partial charge in [-0.2, -0.15) is 13.2 Å². The van der Waals surface area contributed by atoms with Crippen LogP contribution in [-0.2, 0) is 4.79 Å². The van der Waals surface area contributed by atoms with E-state index < -0.39 is 41.0 Å². The first-order chi connectivity index (χ1) is 17.6. The van der Waals surface area contributed by atoms with E-state index in [4.69, 9.17) is 21.4 Å². The van der Waals surface area contributed by atoms with Crippen molar-refractivity contribution in [3.63, 3.8) is 0 Å². The standard InChI is InChI=1S/C28H24ClF4NO4/c1-14(18-8-5-15(11-20(18)29)16-6-9-19(25(35)36)21(30)12-16)24(28(31,32)33)17-7-10-23-22(13-17)34(4)26(37)27(2,3)38-23/h5-14,24H,1-4H3,(H,35,36). The number of rotatable bonds is 5. The molecule has 5 nitrogen and oxygen atoms in total. The number of hydrogen-bond acceptors (Lipinski definition) is 3. The van der Waals surface area contributed by atoms with Gasteiger partial charge in [-0.3, -0.25) is 4.79 Å². The zero-order valence-corrected chi connectivity index (χ0v) is 21.6. The fraction of sp³-hybridized carbons (Fsp3) is 0.286. The number of carbonyl (C=O) groups is 2. The van der Waals surface area contributed by atoms with Gasteiger partial charge in [-0.25, -0.2) is 9.18 Å². The monoisotopic (exact) mass is 549 g/mol. The molecule has 1 amide bonds. The molecule has 1 aliphatic heterocycles. The van der Waals surface area contributed by atoms with Gasteiger partial charge in [-0.1, -0.05) is 42.8 Å². The van der Waals surface area contributed by atoms with Crippen molar-refractivity contribution in [2.24, 2.45) is 0 Å². The second kappa shape index (κ2) is 9.62. The number of amides is 1. The molecule has 3 aromatic carbocycles. The predicted octanol–water partition coefficient (Wildman–Crippen LogP) is 7.43. The second-order valence-corrected chi connectivity index (χ2v) is 10.2. The second-order valence-electron chi connectivity index (χ2n) is 9.75. The fourth-order valence-electron chi connectivity index (χ4n) is 4.79. The van der Waals surface area contributed by atoms with Crippen molar-refractivity contribution in [2.45, 2.75) is 44.4 Å². The topological polar surface area (TPSA) is 66.8 Å². The number of benzene rings is 3. The summed E-state index contributed by atoms with van der Waals surface area (Å²) in [6.07, 6.45) is -4.65. The number of ether oxygens (including phenoxy) is 1. The number of hydrogen-bond donors (Lipinski definition) is 1. The smallest absolute Gasteiger partial charge is 0.396 e. The zero-order chi connectivity index (χ0) is 28.2. The minimum absolute atomic E-state index is 0.0438. The van der Waals surface area contributed by atoms with Crippen LogP contribution in [0.1, 0.15) is 54.1 Å². The molecule has 0 spiro atoms. The summed E-state index contributed by atoms with van der Waals surface area (Å²) in [6.45, 7) is 4.59. The molecule has 200 valence electrons. The summed E-state index contributed by atoms with van der Waals surface area (Å²) in [6, 6.07) is 12.0. The number of alkyl halides is 3. The van der Waals surface area contributed by atoms with Crippen LogP contribution in [0.15, 0.2) is 54.6 Å². The van der Waals surface area contributed by atoms with E-state index in [1.165, 1.54) is 61.3 Å². The van der Waals surface area contributed by atoms with E-state index in [9.17, 15) is 27.2 Å². The molecule has 0 fully saturated rings. The highest BCUT2D eigenvalue weighted by Gasteiger charge is 2.46. The first kappa shape index (κ1) is 27.4. The van der Waals surface area contributed by atoms with E-state index in [2.05, 4.69) is 0 Å². The third-order valence-electron chi connectivity index (χ3n) is 6.76. The van der Waals surface area contributed by atoms with Crippen molar-refractivity contribution < 1.29 is 37.0 Å². The van der Waals surface area contributed by atoms with Crippen molar-refractivity contribution >= 4 is 29.2 Å². The van der Waals surface area contributed by atoms with Crippen molar-refractivity contribution in [1.82, 2.24) is 0 Å². The lowest BCUT2D eigenvalue weighted by molar-refractivity contribution is -0.154. The van der Waals surface area contributed by atoms with E-state index in [0.717, 1.165) is 12.1 Å². The molecule has 1 N–H and O–H groups in total. The maximum atomic E-state index is 14.4. The van der Waals surface area contributed by atoms with Crippen LogP contribution in [0.2, 0.25) is 5.02 Å². The summed E-state index contributed by atoms with van der Waals surface area (Å²) in [5.41, 5.74) is -0.499. The SMILES string of the molecule is CC(c1ccc(-c2ccc(C(=O)O)c(F)c2)cc1Cl)C(c1ccc2c(c1)N(C)C(=O)C(C)(C)O2)C(F)(F)F. The lowest BCUT2D eigenvalue weighted by Crippen LogP contribution is -2.50. The van der Waals surface area contributed by atoms with Crippen LogP contribution in [0.3, 0.4) is 0 Å². The third-order valence-corrected chi connectivity index (χ3v) is 7.09. The minimum atomic E-state index is -4.65. The molecule has 0 saturated carbocycles. The Hall–Kier alpha value is -3.59. The Kier molecular flexibility index (Phi) is 6.95. The Bertz CT molecular complexity index is 1440. The van der Waals surface area contributed by atoms with Gasteiger partial charge in [0.25, 0.3) is 5.91 Å². The molecule has 1 aliphatic rings. The number of fused-ring (bicyclic) bond motifs is 1. The summed E-state index contributed by atoms with van der Waals surface area (Å²) in [4.78, 5) is 25.0. The zero-order valence-electron chi connectivity index (χ0n) is 20.9. The van der Waals surface area contributed by atoms with Gasteiger partial charge in [0.05, 0.1) is 17.2 Å². The number of halogens is 5. The Morgan fingerprint density at radius 2 is 1.68 bits per heavy atom. The Balaban J connectivity index is 1.71. The molecule has 4 rings (SSSR count). The Morgan fingerprint density at radius 1 is 1.05 bits per heavy atom. The molecule has 0 bridgehead atoms. The van der Waals surface area contributed by atoms with Crippen LogP contribution >= 0.6 is 11.6 Å². The molecule has 0 radical (unpaired) electrons. The molecule has 10 heteroatoms. The molecule has 0 aromatic heterocycles. The Labute approximate surface area is 221 Å². The number of carboxylic acid groups (broad SMARTS) is 1. The minimum Gasteiger partial charge on any atom is -0.478 e. The molecule has 38 heavy (non-hydrogen) atoms. The van der Waals surface area contributed by atoms with Crippen LogP contribution in [0, 0.1) is 5.82 Å². The fourth-order valence-corrected chi connectivity index (χ4v) is 5.15. The number of carbonyl (C=O) groups excluding carboxylic acids is 1. The summed E-state index contributed by atoms with van der Waals surface area (Å²) in [7, 11) is 1.49. The Morgan fingerprint density at radius 3 is 2.26 bits per heavy atom. The first-order valence-electron chi connectivity index (χ1n) is 11.6. The lowest BCUT2D eigenvalue weighted by Gasteiger charge is -2.37. The van der Waals surface area contributed by atoms with Crippen LogP contribution in [0.4, 0.5) is 23.2 Å². The maximum Gasteiger partial charge on any atom is 0.396 e. The maximum absolute atomic E-state index is 14.4. The normalized spacial score (nSPS) is 16.4. The van der Waals surface area contributed by atoms with Gasteiger partial charge in [0.2, 0.25) is 0 Å². The molecule has 0 saturated heterocycles. The number of anilines is 1. The largest absolute Gasteiger partial charge is 0.478 e. The van der Waals surface area contributed by atoms with Gasteiger partial charge in [0, 0.05) is 12.1 Å². The van der Waals surface area contributed by atoms with Crippen LogP contribution < -0.4 is 9.64 Å². The van der Waals surface area contributed by atoms with Crippen molar-refractivity contribution in [2.75, 3.05) is 11.9 Å². The molecule has 2 unspecified atom stereocenters. The predicted molar refractivity (Wildman–Crippen MR) is 136 cm³/mol. The summed E-state index contributed by atoms with van der Waals surface area (Å²) in [5.74, 6) is -5.51. The summed E-state index contributed by atoms with van der Waals surface area (Å²) < 4.78 is 63.2. The molecule has 2 atom stereocenters. The van der Waals surface area contributed by atoms with Crippen LogP contribution in [-0.4, -0.2) is 35.8 Å². The van der Waals surface area contributed by atoms with Crippen LogP contribution in [0.5, 0.6) is 5.75 Å². The van der Waals surface area contributed by atoms with E-state index in [-0.39, 0.29) is 27.7 Å².